The molecule has 0 aliphatic heterocycles. The van der Waals surface area contributed by atoms with Crippen molar-refractivity contribution >= 4 is 22.8 Å². The van der Waals surface area contributed by atoms with Crippen LogP contribution < -0.4 is 0 Å². The Morgan fingerprint density at radius 3 is 2.69 bits per heavy atom. The van der Waals surface area contributed by atoms with Gasteiger partial charge in [-0.3, -0.25) is 9.97 Å². The van der Waals surface area contributed by atoms with Crippen LogP contribution in [-0.2, 0) is 5.75 Å². The van der Waals surface area contributed by atoms with Crippen molar-refractivity contribution in [1.82, 2.24) is 9.97 Å². The lowest BCUT2D eigenvalue weighted by atomic mass is 10.2. The Morgan fingerprint density at radius 2 is 1.92 bits per heavy atom. The highest BCUT2D eigenvalue weighted by molar-refractivity contribution is 7.97. The summed E-state index contributed by atoms with van der Waals surface area (Å²) in [6.07, 6.45) is 5.54. The lowest BCUT2D eigenvalue weighted by Gasteiger charge is -1.99. The molecule has 0 amide bonds. The van der Waals surface area contributed by atoms with Crippen LogP contribution >= 0.6 is 11.8 Å². The summed E-state index contributed by atoms with van der Waals surface area (Å²) in [4.78, 5) is 8.47. The number of thioether (sulfide) groups is 1. The summed E-state index contributed by atoms with van der Waals surface area (Å²) in [6.45, 7) is 0. The van der Waals surface area contributed by atoms with Crippen LogP contribution in [-0.4, -0.2) is 16.2 Å². The standard InChI is InChI=1S/C10H10N2S/c1-13-7-8-2-3-9-10(6-8)12-5-4-11-9/h2-6H,7H2,1H3. The second kappa shape index (κ2) is 3.75. The molecular weight excluding hydrogens is 180 g/mol. The van der Waals surface area contributed by atoms with Gasteiger partial charge in [0.15, 0.2) is 0 Å². The third kappa shape index (κ3) is 1.80. The van der Waals surface area contributed by atoms with Crippen LogP contribution in [0.4, 0.5) is 0 Å². The first-order chi connectivity index (χ1) is 6.40. The van der Waals surface area contributed by atoms with E-state index in [1.807, 2.05) is 17.8 Å². The number of fused-ring (bicyclic) bond motifs is 1. The van der Waals surface area contributed by atoms with E-state index in [1.165, 1.54) is 5.56 Å². The van der Waals surface area contributed by atoms with Crippen molar-refractivity contribution in [1.29, 1.82) is 0 Å². The van der Waals surface area contributed by atoms with Crippen molar-refractivity contribution < 1.29 is 0 Å². The third-order valence-corrected chi connectivity index (χ3v) is 2.47. The minimum Gasteiger partial charge on any atom is -0.253 e. The van der Waals surface area contributed by atoms with Gasteiger partial charge in [-0.2, -0.15) is 11.8 Å². The quantitative estimate of drug-likeness (QED) is 0.727. The van der Waals surface area contributed by atoms with E-state index in [0.29, 0.717) is 0 Å². The van der Waals surface area contributed by atoms with Crippen LogP contribution in [0.25, 0.3) is 11.0 Å². The molecule has 0 atom stereocenters. The zero-order valence-electron chi connectivity index (χ0n) is 7.40. The van der Waals surface area contributed by atoms with Crippen LogP contribution in [0.5, 0.6) is 0 Å². The summed E-state index contributed by atoms with van der Waals surface area (Å²) in [5.74, 6) is 1.03. The zero-order valence-corrected chi connectivity index (χ0v) is 8.21. The Morgan fingerprint density at radius 1 is 1.15 bits per heavy atom. The van der Waals surface area contributed by atoms with Gasteiger partial charge in [-0.25, -0.2) is 0 Å². The summed E-state index contributed by atoms with van der Waals surface area (Å²) in [5, 5.41) is 0. The van der Waals surface area contributed by atoms with E-state index in [2.05, 4.69) is 28.4 Å². The summed E-state index contributed by atoms with van der Waals surface area (Å²) in [7, 11) is 0. The van der Waals surface area contributed by atoms with Crippen LogP contribution in [0.1, 0.15) is 5.56 Å². The van der Waals surface area contributed by atoms with Gasteiger partial charge in [0, 0.05) is 18.1 Å². The molecule has 0 aliphatic rings. The van der Waals surface area contributed by atoms with E-state index in [4.69, 9.17) is 0 Å². The average molecular weight is 190 g/mol. The Kier molecular flexibility index (Phi) is 2.45. The lowest BCUT2D eigenvalue weighted by Crippen LogP contribution is -1.85. The lowest BCUT2D eigenvalue weighted by molar-refractivity contribution is 1.28. The summed E-state index contributed by atoms with van der Waals surface area (Å²) in [6, 6.07) is 6.22. The van der Waals surface area contributed by atoms with Crippen molar-refractivity contribution in [2.45, 2.75) is 5.75 Å². The zero-order chi connectivity index (χ0) is 9.10. The summed E-state index contributed by atoms with van der Waals surface area (Å²) in [5.41, 5.74) is 3.25. The molecule has 0 radical (unpaired) electrons. The highest BCUT2D eigenvalue weighted by Crippen LogP contribution is 2.14. The fourth-order valence-electron chi connectivity index (χ4n) is 1.27. The molecule has 66 valence electrons. The van der Waals surface area contributed by atoms with E-state index >= 15 is 0 Å². The van der Waals surface area contributed by atoms with E-state index in [0.717, 1.165) is 16.8 Å². The molecule has 2 aromatic rings. The molecule has 1 aromatic heterocycles. The molecule has 3 heteroatoms. The van der Waals surface area contributed by atoms with Gasteiger partial charge in [0.25, 0.3) is 0 Å². The maximum absolute atomic E-state index is 4.25. The highest BCUT2D eigenvalue weighted by Gasteiger charge is 1.96. The fourth-order valence-corrected chi connectivity index (χ4v) is 1.78. The van der Waals surface area contributed by atoms with Gasteiger partial charge in [-0.15, -0.1) is 0 Å². The molecule has 0 saturated heterocycles. The van der Waals surface area contributed by atoms with E-state index < -0.39 is 0 Å². The molecule has 0 bridgehead atoms. The number of benzene rings is 1. The molecule has 0 saturated carbocycles. The first kappa shape index (κ1) is 8.51. The summed E-state index contributed by atoms with van der Waals surface area (Å²) < 4.78 is 0. The maximum atomic E-state index is 4.25. The van der Waals surface area contributed by atoms with Crippen LogP contribution in [0.2, 0.25) is 0 Å². The highest BCUT2D eigenvalue weighted by atomic mass is 32.2. The normalized spacial score (nSPS) is 10.5. The second-order valence-electron chi connectivity index (χ2n) is 2.81. The molecule has 2 nitrogen and oxygen atoms in total. The third-order valence-electron chi connectivity index (χ3n) is 1.84. The topological polar surface area (TPSA) is 25.8 Å². The second-order valence-corrected chi connectivity index (χ2v) is 3.68. The molecule has 2 rings (SSSR count). The van der Waals surface area contributed by atoms with Gasteiger partial charge in [-0.05, 0) is 24.0 Å². The molecule has 0 unspecified atom stereocenters. The molecule has 0 spiro atoms. The van der Waals surface area contributed by atoms with Crippen molar-refractivity contribution in [3.05, 3.63) is 36.2 Å². The van der Waals surface area contributed by atoms with Gasteiger partial charge < -0.3 is 0 Å². The Hall–Kier alpha value is -1.09. The number of rotatable bonds is 2. The van der Waals surface area contributed by atoms with Gasteiger partial charge in [-0.1, -0.05) is 6.07 Å². The van der Waals surface area contributed by atoms with Crippen LogP contribution in [0, 0.1) is 0 Å². The molecule has 13 heavy (non-hydrogen) atoms. The number of nitrogens with zero attached hydrogens (tertiary/aromatic N) is 2. The van der Waals surface area contributed by atoms with Gasteiger partial charge in [0.1, 0.15) is 0 Å². The number of hydrogen-bond acceptors (Lipinski definition) is 3. The predicted molar refractivity (Wildman–Crippen MR) is 56.8 cm³/mol. The van der Waals surface area contributed by atoms with Crippen LogP contribution in [0.15, 0.2) is 30.6 Å². The molecule has 0 N–H and O–H groups in total. The molecule has 0 aliphatic carbocycles. The van der Waals surface area contributed by atoms with Gasteiger partial charge in [0.2, 0.25) is 0 Å². The van der Waals surface area contributed by atoms with E-state index in [1.54, 1.807) is 12.4 Å². The first-order valence-corrected chi connectivity index (χ1v) is 5.48. The Balaban J connectivity index is 2.49. The number of aromatic nitrogens is 2. The Labute approximate surface area is 81.4 Å². The fraction of sp³-hybridized carbons (Fsp3) is 0.200. The Bertz CT molecular complexity index is 414. The van der Waals surface area contributed by atoms with Crippen molar-refractivity contribution in [2.75, 3.05) is 6.26 Å². The smallest absolute Gasteiger partial charge is 0.0889 e. The van der Waals surface area contributed by atoms with E-state index in [9.17, 15) is 0 Å². The average Bonchev–Trinajstić information content (AvgIpc) is 2.18. The SMILES string of the molecule is CSCc1ccc2nccnc2c1. The van der Waals surface area contributed by atoms with E-state index in [-0.39, 0.29) is 0 Å². The van der Waals surface area contributed by atoms with Crippen molar-refractivity contribution in [3.8, 4) is 0 Å². The van der Waals surface area contributed by atoms with Gasteiger partial charge >= 0.3 is 0 Å². The number of hydrogen-bond donors (Lipinski definition) is 0. The van der Waals surface area contributed by atoms with Gasteiger partial charge in [0.05, 0.1) is 11.0 Å². The van der Waals surface area contributed by atoms with Crippen molar-refractivity contribution in [2.24, 2.45) is 0 Å². The van der Waals surface area contributed by atoms with Crippen molar-refractivity contribution in [3.63, 3.8) is 0 Å². The minimum absolute atomic E-state index is 0.965. The molecule has 0 fully saturated rings. The molecule has 1 aromatic carbocycles. The maximum Gasteiger partial charge on any atom is 0.0889 e. The first-order valence-electron chi connectivity index (χ1n) is 4.09. The largest absolute Gasteiger partial charge is 0.253 e. The molecular formula is C10H10N2S. The summed E-state index contributed by atoms with van der Waals surface area (Å²) >= 11 is 1.82. The monoisotopic (exact) mass is 190 g/mol. The molecule has 1 heterocycles. The van der Waals surface area contributed by atoms with Crippen LogP contribution in [0.3, 0.4) is 0 Å². The predicted octanol–water partition coefficient (Wildman–Crippen LogP) is 2.49. The minimum atomic E-state index is 0.965.